The second-order valence-electron chi connectivity index (χ2n) is 5.69. The molecule has 1 heterocycles. The van der Waals surface area contributed by atoms with E-state index in [0.717, 1.165) is 19.1 Å². The van der Waals surface area contributed by atoms with E-state index in [0.29, 0.717) is 24.1 Å². The van der Waals surface area contributed by atoms with E-state index in [1.807, 2.05) is 0 Å². The minimum Gasteiger partial charge on any atom is -0.462 e. The van der Waals surface area contributed by atoms with Crippen LogP contribution in [0.3, 0.4) is 0 Å². The molecule has 0 radical (unpaired) electrons. The van der Waals surface area contributed by atoms with Crippen molar-refractivity contribution >= 4 is 33.4 Å². The number of rotatable bonds is 6. The van der Waals surface area contributed by atoms with Gasteiger partial charge in [0.1, 0.15) is 10.7 Å². The van der Waals surface area contributed by atoms with E-state index in [-0.39, 0.29) is 23.9 Å². The van der Waals surface area contributed by atoms with Gasteiger partial charge in [-0.05, 0) is 38.7 Å². The third kappa shape index (κ3) is 5.61. The van der Waals surface area contributed by atoms with Crippen molar-refractivity contribution in [2.75, 3.05) is 18.2 Å². The summed E-state index contributed by atoms with van der Waals surface area (Å²) in [6.45, 7) is 2.01. The molecule has 2 rings (SSSR count). The first-order valence-electron chi connectivity index (χ1n) is 7.76. The highest BCUT2D eigenvalue weighted by Gasteiger charge is 2.25. The van der Waals surface area contributed by atoms with Gasteiger partial charge in [0.15, 0.2) is 0 Å². The van der Waals surface area contributed by atoms with Crippen LogP contribution in [0.25, 0.3) is 0 Å². The van der Waals surface area contributed by atoms with Crippen LogP contribution >= 0.6 is 11.6 Å². The average Bonchev–Trinajstić information content (AvgIpc) is 2.48. The van der Waals surface area contributed by atoms with Crippen LogP contribution in [0.1, 0.15) is 43.0 Å². The number of anilines is 1. The molecule has 0 spiro atoms. The topological polar surface area (TPSA) is 94.6 Å². The van der Waals surface area contributed by atoms with Crippen LogP contribution in [0.4, 0.5) is 5.69 Å². The number of nitrogens with one attached hydrogen (secondary N) is 1. The minimum absolute atomic E-state index is 0.0936. The zero-order chi connectivity index (χ0) is 17.7. The van der Waals surface area contributed by atoms with Crippen LogP contribution in [0.2, 0.25) is 5.15 Å². The van der Waals surface area contributed by atoms with Gasteiger partial charge in [0.25, 0.3) is 10.1 Å². The average molecular weight is 377 g/mol. The molecule has 1 aromatic rings. The number of carbonyl (C=O) groups excluding carboxylic acids is 1. The normalized spacial score (nSPS) is 21.3. The summed E-state index contributed by atoms with van der Waals surface area (Å²) < 4.78 is 32.4. The van der Waals surface area contributed by atoms with E-state index in [1.165, 1.54) is 6.20 Å². The first-order chi connectivity index (χ1) is 11.3. The number of hydrogen-bond acceptors (Lipinski definition) is 7. The molecule has 24 heavy (non-hydrogen) atoms. The summed E-state index contributed by atoms with van der Waals surface area (Å²) in [7, 11) is -3.44. The van der Waals surface area contributed by atoms with E-state index in [1.54, 1.807) is 13.0 Å². The fourth-order valence-corrected chi connectivity index (χ4v) is 3.54. The molecule has 0 unspecified atom stereocenters. The van der Waals surface area contributed by atoms with Crippen LogP contribution in [-0.4, -0.2) is 44.4 Å². The molecule has 1 aromatic heterocycles. The molecule has 0 amide bonds. The monoisotopic (exact) mass is 376 g/mol. The SMILES string of the molecule is CCOC(=O)c1cnc(Cl)cc1NC1CCC(OS(C)(=O)=O)CC1. The quantitative estimate of drug-likeness (QED) is 0.463. The maximum Gasteiger partial charge on any atom is 0.341 e. The van der Waals surface area contributed by atoms with Gasteiger partial charge in [-0.25, -0.2) is 9.78 Å². The lowest BCUT2D eigenvalue weighted by atomic mass is 9.93. The lowest BCUT2D eigenvalue weighted by Crippen LogP contribution is -2.31. The molecular weight excluding hydrogens is 356 g/mol. The van der Waals surface area contributed by atoms with Crippen LogP contribution in [0, 0.1) is 0 Å². The summed E-state index contributed by atoms with van der Waals surface area (Å²) in [6.07, 6.45) is 4.85. The van der Waals surface area contributed by atoms with E-state index in [2.05, 4.69) is 10.3 Å². The largest absolute Gasteiger partial charge is 0.462 e. The van der Waals surface area contributed by atoms with Gasteiger partial charge in [0.2, 0.25) is 0 Å². The van der Waals surface area contributed by atoms with Gasteiger partial charge in [-0.1, -0.05) is 11.6 Å². The van der Waals surface area contributed by atoms with E-state index < -0.39 is 16.1 Å². The summed E-state index contributed by atoms with van der Waals surface area (Å²) in [5.74, 6) is -0.460. The molecule has 0 saturated heterocycles. The predicted octanol–water partition coefficient (Wildman–Crippen LogP) is 2.61. The number of pyridine rings is 1. The molecule has 1 aliphatic carbocycles. The zero-order valence-electron chi connectivity index (χ0n) is 13.6. The van der Waals surface area contributed by atoms with Crippen molar-refractivity contribution in [2.24, 2.45) is 0 Å². The van der Waals surface area contributed by atoms with Crippen LogP contribution in [0.15, 0.2) is 12.3 Å². The number of ether oxygens (including phenoxy) is 1. The van der Waals surface area contributed by atoms with Gasteiger partial charge in [0.05, 0.1) is 24.7 Å². The molecule has 0 atom stereocenters. The van der Waals surface area contributed by atoms with Gasteiger partial charge in [-0.15, -0.1) is 0 Å². The van der Waals surface area contributed by atoms with Crippen molar-refractivity contribution in [1.29, 1.82) is 0 Å². The van der Waals surface area contributed by atoms with Crippen LogP contribution < -0.4 is 5.32 Å². The summed E-state index contributed by atoms with van der Waals surface area (Å²) in [4.78, 5) is 15.9. The minimum atomic E-state index is -3.44. The van der Waals surface area contributed by atoms with E-state index >= 15 is 0 Å². The summed E-state index contributed by atoms with van der Waals surface area (Å²) >= 11 is 5.92. The summed E-state index contributed by atoms with van der Waals surface area (Å²) in [5, 5.41) is 3.56. The van der Waals surface area contributed by atoms with Gasteiger partial charge < -0.3 is 10.1 Å². The maximum absolute atomic E-state index is 12.0. The number of esters is 1. The first kappa shape index (κ1) is 19.0. The van der Waals surface area contributed by atoms with Crippen molar-refractivity contribution in [2.45, 2.75) is 44.8 Å². The number of carbonyl (C=O) groups is 1. The fourth-order valence-electron chi connectivity index (χ4n) is 2.69. The highest BCUT2D eigenvalue weighted by atomic mass is 35.5. The first-order valence-corrected chi connectivity index (χ1v) is 9.95. The lowest BCUT2D eigenvalue weighted by Gasteiger charge is -2.29. The molecule has 7 nitrogen and oxygen atoms in total. The Hall–Kier alpha value is -1.38. The van der Waals surface area contributed by atoms with Gasteiger partial charge in [-0.3, -0.25) is 4.18 Å². The second kappa shape index (κ2) is 8.13. The van der Waals surface area contributed by atoms with Crippen LogP contribution in [-0.2, 0) is 19.0 Å². The molecular formula is C15H21ClN2O5S. The van der Waals surface area contributed by atoms with Crippen LogP contribution in [0.5, 0.6) is 0 Å². The highest BCUT2D eigenvalue weighted by molar-refractivity contribution is 7.86. The van der Waals surface area contributed by atoms with E-state index in [4.69, 9.17) is 20.5 Å². The number of hydrogen-bond donors (Lipinski definition) is 1. The number of nitrogens with zero attached hydrogens (tertiary/aromatic N) is 1. The van der Waals surface area contributed by atoms with Gasteiger partial charge >= 0.3 is 5.97 Å². The van der Waals surface area contributed by atoms with E-state index in [9.17, 15) is 13.2 Å². The Bertz CT molecular complexity index is 687. The lowest BCUT2D eigenvalue weighted by molar-refractivity contribution is 0.0526. The van der Waals surface area contributed by atoms with Gasteiger partial charge in [-0.2, -0.15) is 8.42 Å². The third-order valence-electron chi connectivity index (χ3n) is 3.71. The number of halogens is 1. The molecule has 0 aromatic carbocycles. The Balaban J connectivity index is 2.02. The molecule has 1 fully saturated rings. The highest BCUT2D eigenvalue weighted by Crippen LogP contribution is 2.27. The molecule has 0 bridgehead atoms. The Labute approximate surface area is 146 Å². The maximum atomic E-state index is 12.0. The van der Waals surface area contributed by atoms with Crippen molar-refractivity contribution in [3.05, 3.63) is 23.0 Å². The Kier molecular flexibility index (Phi) is 6.42. The number of aromatic nitrogens is 1. The molecule has 0 aliphatic heterocycles. The predicted molar refractivity (Wildman–Crippen MR) is 90.8 cm³/mol. The molecule has 1 N–H and O–H groups in total. The fraction of sp³-hybridized carbons (Fsp3) is 0.600. The Morgan fingerprint density at radius 1 is 1.38 bits per heavy atom. The van der Waals surface area contributed by atoms with Crippen molar-refractivity contribution in [3.8, 4) is 0 Å². The molecule has 134 valence electrons. The second-order valence-corrected chi connectivity index (χ2v) is 7.68. The molecule has 1 saturated carbocycles. The summed E-state index contributed by atoms with van der Waals surface area (Å²) in [5.41, 5.74) is 0.900. The molecule has 1 aliphatic rings. The Morgan fingerprint density at radius 2 is 2.04 bits per heavy atom. The van der Waals surface area contributed by atoms with Crippen molar-refractivity contribution in [1.82, 2.24) is 4.98 Å². The smallest absolute Gasteiger partial charge is 0.341 e. The summed E-state index contributed by atoms with van der Waals surface area (Å²) in [6, 6.07) is 1.68. The zero-order valence-corrected chi connectivity index (χ0v) is 15.2. The molecule has 9 heteroatoms. The van der Waals surface area contributed by atoms with Gasteiger partial charge in [0, 0.05) is 12.2 Å². The Morgan fingerprint density at radius 3 is 2.62 bits per heavy atom. The standard InChI is InChI=1S/C15H21ClN2O5S/c1-3-22-15(19)12-9-17-14(16)8-13(12)18-10-4-6-11(7-5-10)23-24(2,20)21/h8-11H,3-7H2,1-2H3,(H,17,18). The van der Waals surface area contributed by atoms with Crippen molar-refractivity contribution in [3.63, 3.8) is 0 Å². The third-order valence-corrected chi connectivity index (χ3v) is 4.54. The van der Waals surface area contributed by atoms with Crippen molar-refractivity contribution < 1.29 is 22.1 Å².